The number of nitro benzene ring substituents is 1. The fourth-order valence-corrected chi connectivity index (χ4v) is 2.12. The van der Waals surface area contributed by atoms with E-state index in [2.05, 4.69) is 27.2 Å². The minimum atomic E-state index is -0.755. The van der Waals surface area contributed by atoms with E-state index in [9.17, 15) is 19.3 Å². The van der Waals surface area contributed by atoms with Gasteiger partial charge in [0.05, 0.1) is 17.4 Å². The highest BCUT2D eigenvalue weighted by Gasteiger charge is 2.17. The largest absolute Gasteiger partial charge is 0.338 e. The van der Waals surface area contributed by atoms with Crippen LogP contribution in [0.5, 0.6) is 0 Å². The number of aromatic nitrogens is 4. The highest BCUT2D eigenvalue weighted by atomic mass is 19.1. The summed E-state index contributed by atoms with van der Waals surface area (Å²) in [5.74, 6) is -0.606. The first-order valence-corrected chi connectivity index (χ1v) is 7.04. The van der Waals surface area contributed by atoms with Crippen molar-refractivity contribution < 1.29 is 14.1 Å². The van der Waals surface area contributed by atoms with Crippen LogP contribution in [-0.2, 0) is 17.6 Å². The Morgan fingerprint density at radius 1 is 1.46 bits per heavy atom. The van der Waals surface area contributed by atoms with Gasteiger partial charge in [-0.25, -0.2) is 4.39 Å². The van der Waals surface area contributed by atoms with Crippen molar-refractivity contribution in [3.63, 3.8) is 0 Å². The Balaban J connectivity index is 2.06. The summed E-state index contributed by atoms with van der Waals surface area (Å²) in [7, 11) is 0. The molecule has 24 heavy (non-hydrogen) atoms. The lowest BCUT2D eigenvalue weighted by Crippen LogP contribution is -2.34. The second-order valence-corrected chi connectivity index (χ2v) is 4.96. The van der Waals surface area contributed by atoms with E-state index >= 15 is 0 Å². The lowest BCUT2D eigenvalue weighted by atomic mass is 10.1. The topological polar surface area (TPSA) is 118 Å². The number of rotatable bonds is 8. The summed E-state index contributed by atoms with van der Waals surface area (Å²) in [6, 6.07) is 3.11. The van der Waals surface area contributed by atoms with Crippen LogP contribution in [0.1, 0.15) is 11.4 Å². The molecule has 2 aromatic rings. The van der Waals surface area contributed by atoms with Gasteiger partial charge in [-0.1, -0.05) is 11.3 Å². The van der Waals surface area contributed by atoms with E-state index in [1.807, 2.05) is 0 Å². The molecule has 10 heteroatoms. The molecule has 0 atom stereocenters. The van der Waals surface area contributed by atoms with Crippen LogP contribution in [0, 0.1) is 15.9 Å². The van der Waals surface area contributed by atoms with E-state index in [0.29, 0.717) is 18.8 Å². The molecule has 0 aliphatic heterocycles. The first kappa shape index (κ1) is 17.2. The van der Waals surface area contributed by atoms with Crippen molar-refractivity contribution in [2.45, 2.75) is 12.8 Å². The van der Waals surface area contributed by atoms with Crippen molar-refractivity contribution in [3.8, 4) is 0 Å². The maximum atomic E-state index is 13.4. The zero-order valence-electron chi connectivity index (χ0n) is 12.7. The number of non-ortho nitro benzene ring substituents is 1. The molecule has 0 saturated carbocycles. The second-order valence-electron chi connectivity index (χ2n) is 4.96. The van der Waals surface area contributed by atoms with Crippen LogP contribution in [0.25, 0.3) is 0 Å². The van der Waals surface area contributed by atoms with Crippen LogP contribution in [-0.4, -0.2) is 49.4 Å². The zero-order valence-corrected chi connectivity index (χ0v) is 12.7. The molecule has 0 fully saturated rings. The fraction of sp³-hybridized carbons (Fsp3) is 0.286. The summed E-state index contributed by atoms with van der Waals surface area (Å²) in [4.78, 5) is 23.9. The summed E-state index contributed by atoms with van der Waals surface area (Å²) in [6.45, 7) is 4.20. The first-order valence-electron chi connectivity index (χ1n) is 7.04. The minimum absolute atomic E-state index is 0.154. The van der Waals surface area contributed by atoms with E-state index < -0.39 is 10.7 Å². The van der Waals surface area contributed by atoms with Gasteiger partial charge in [0.1, 0.15) is 5.82 Å². The number of halogens is 1. The van der Waals surface area contributed by atoms with E-state index in [1.165, 1.54) is 11.0 Å². The van der Waals surface area contributed by atoms with Crippen LogP contribution < -0.4 is 0 Å². The number of nitro groups is 1. The molecule has 0 spiro atoms. The quantitative estimate of drug-likeness (QED) is 0.438. The maximum Gasteiger partial charge on any atom is 0.272 e. The number of nitrogens with zero attached hydrogens (tertiary/aromatic N) is 5. The third-order valence-corrected chi connectivity index (χ3v) is 3.21. The van der Waals surface area contributed by atoms with Gasteiger partial charge in [0.25, 0.3) is 5.69 Å². The van der Waals surface area contributed by atoms with Gasteiger partial charge in [-0.15, -0.1) is 16.8 Å². The molecule has 0 saturated heterocycles. The average molecular weight is 334 g/mol. The number of H-pyrrole nitrogens is 1. The molecule has 1 aromatic heterocycles. The third kappa shape index (κ3) is 4.66. The van der Waals surface area contributed by atoms with Gasteiger partial charge in [0, 0.05) is 25.6 Å². The number of aromatic amines is 1. The summed E-state index contributed by atoms with van der Waals surface area (Å²) in [6.07, 6.45) is 1.79. The predicted octanol–water partition coefficient (Wildman–Crippen LogP) is 1.05. The Labute approximate surface area is 136 Å². The van der Waals surface area contributed by atoms with Gasteiger partial charge in [-0.05, 0) is 11.6 Å². The molecule has 9 nitrogen and oxygen atoms in total. The van der Waals surface area contributed by atoms with Crippen molar-refractivity contribution in [2.75, 3.05) is 13.1 Å². The molecule has 0 aliphatic rings. The van der Waals surface area contributed by atoms with Crippen LogP contribution in [0.3, 0.4) is 0 Å². The molecule has 0 unspecified atom stereocenters. The predicted molar refractivity (Wildman–Crippen MR) is 81.4 cm³/mol. The molecule has 0 radical (unpaired) electrons. The molecule has 1 N–H and O–H groups in total. The SMILES string of the molecule is C=CCN(CCc1nn[nH]n1)C(=O)Cc1cc(F)cc([N+](=O)[O-])c1. The highest BCUT2D eigenvalue weighted by Crippen LogP contribution is 2.17. The zero-order chi connectivity index (χ0) is 17.5. The number of carbonyl (C=O) groups is 1. The molecule has 1 heterocycles. The standard InChI is InChI=1S/C14H15FN6O3/c1-2-4-20(5-3-13-16-18-19-17-13)14(22)8-10-6-11(15)9-12(7-10)21(23)24/h2,6-7,9H,1,3-5,8H2,(H,16,17,18,19). The van der Waals surface area contributed by atoms with Crippen LogP contribution in [0.2, 0.25) is 0 Å². The third-order valence-electron chi connectivity index (χ3n) is 3.21. The van der Waals surface area contributed by atoms with Crippen molar-refractivity contribution in [3.05, 3.63) is 58.2 Å². The van der Waals surface area contributed by atoms with Gasteiger partial charge >= 0.3 is 0 Å². The van der Waals surface area contributed by atoms with E-state index in [0.717, 1.165) is 12.1 Å². The monoisotopic (exact) mass is 334 g/mol. The van der Waals surface area contributed by atoms with Gasteiger partial charge < -0.3 is 4.90 Å². The summed E-state index contributed by atoms with van der Waals surface area (Å²) in [5, 5.41) is 24.1. The summed E-state index contributed by atoms with van der Waals surface area (Å²) >= 11 is 0. The van der Waals surface area contributed by atoms with Gasteiger partial charge in [-0.2, -0.15) is 5.21 Å². The Morgan fingerprint density at radius 2 is 2.25 bits per heavy atom. The van der Waals surface area contributed by atoms with Crippen molar-refractivity contribution in [1.29, 1.82) is 0 Å². The number of hydrogen-bond donors (Lipinski definition) is 1. The lowest BCUT2D eigenvalue weighted by molar-refractivity contribution is -0.385. The molecular formula is C14H15FN6O3. The first-order chi connectivity index (χ1) is 11.5. The Morgan fingerprint density at radius 3 is 2.88 bits per heavy atom. The van der Waals surface area contributed by atoms with Crippen molar-refractivity contribution in [1.82, 2.24) is 25.5 Å². The van der Waals surface area contributed by atoms with Crippen LogP contribution in [0.4, 0.5) is 10.1 Å². The number of nitrogens with one attached hydrogen (secondary N) is 1. The van der Waals surface area contributed by atoms with E-state index in [1.54, 1.807) is 6.08 Å². The number of benzene rings is 1. The molecule has 0 bridgehead atoms. The second kappa shape index (κ2) is 7.90. The Bertz CT molecular complexity index is 734. The Hall–Kier alpha value is -3.17. The van der Waals surface area contributed by atoms with E-state index in [4.69, 9.17) is 0 Å². The molecule has 1 amide bonds. The van der Waals surface area contributed by atoms with Gasteiger partial charge in [0.15, 0.2) is 5.82 Å². The average Bonchev–Trinajstić information content (AvgIpc) is 3.04. The maximum absolute atomic E-state index is 13.4. The molecule has 2 rings (SSSR count). The number of tetrazole rings is 1. The Kier molecular flexibility index (Phi) is 5.66. The number of carbonyl (C=O) groups excluding carboxylic acids is 1. The fourth-order valence-electron chi connectivity index (χ4n) is 2.12. The van der Waals surface area contributed by atoms with Crippen molar-refractivity contribution in [2.24, 2.45) is 0 Å². The molecule has 0 aliphatic carbocycles. The minimum Gasteiger partial charge on any atom is -0.338 e. The summed E-state index contributed by atoms with van der Waals surface area (Å²) < 4.78 is 13.4. The molecule has 126 valence electrons. The van der Waals surface area contributed by atoms with Crippen molar-refractivity contribution >= 4 is 11.6 Å². The van der Waals surface area contributed by atoms with Crippen LogP contribution >= 0.6 is 0 Å². The molecule has 1 aromatic carbocycles. The summed E-state index contributed by atoms with van der Waals surface area (Å²) in [5.41, 5.74) is -0.153. The number of amides is 1. The highest BCUT2D eigenvalue weighted by molar-refractivity contribution is 5.79. The smallest absolute Gasteiger partial charge is 0.272 e. The molecular weight excluding hydrogens is 319 g/mol. The normalized spacial score (nSPS) is 10.4. The van der Waals surface area contributed by atoms with Gasteiger partial charge in [0.2, 0.25) is 5.91 Å². The van der Waals surface area contributed by atoms with Gasteiger partial charge in [-0.3, -0.25) is 14.9 Å². The van der Waals surface area contributed by atoms with Crippen LogP contribution in [0.15, 0.2) is 30.9 Å². The number of hydrogen-bond acceptors (Lipinski definition) is 6. The van der Waals surface area contributed by atoms with E-state index in [-0.39, 0.29) is 30.1 Å². The lowest BCUT2D eigenvalue weighted by Gasteiger charge is -2.20.